The monoisotopic (exact) mass is 384 g/mol. The average Bonchev–Trinajstić information content (AvgIpc) is 3.05. The van der Waals surface area contributed by atoms with Crippen molar-refractivity contribution in [3.63, 3.8) is 0 Å². The summed E-state index contributed by atoms with van der Waals surface area (Å²) in [7, 11) is 0. The number of nitrogens with zero attached hydrogens (tertiary/aromatic N) is 3. The lowest BCUT2D eigenvalue weighted by Gasteiger charge is -2.09. The Balaban J connectivity index is 1.76. The summed E-state index contributed by atoms with van der Waals surface area (Å²) >= 11 is 7.48. The van der Waals surface area contributed by atoms with E-state index in [4.69, 9.17) is 11.6 Å². The minimum Gasteiger partial charge on any atom is -0.349 e. The van der Waals surface area contributed by atoms with Crippen LogP contribution in [-0.2, 0) is 19.1 Å². The molecule has 2 aromatic heterocycles. The van der Waals surface area contributed by atoms with Crippen molar-refractivity contribution in [1.82, 2.24) is 15.0 Å². The number of alkyl halides is 3. The molecule has 0 unspecified atom stereocenters. The molecule has 1 aromatic carbocycles. The molecule has 9 heteroatoms. The molecule has 2 heterocycles. The molecule has 1 N–H and O–H groups in total. The van der Waals surface area contributed by atoms with Crippen LogP contribution in [0.4, 0.5) is 19.1 Å². The molecular weight excluding hydrogens is 373 g/mol. The highest BCUT2D eigenvalue weighted by Gasteiger charge is 2.30. The Morgan fingerprint density at radius 1 is 1.08 bits per heavy atom. The maximum absolute atomic E-state index is 12.8. The molecule has 0 saturated heterocycles. The fourth-order valence-electron chi connectivity index (χ4n) is 2.17. The first kappa shape index (κ1) is 17.6. The van der Waals surface area contributed by atoms with Gasteiger partial charge in [0.25, 0.3) is 0 Å². The Hall–Kier alpha value is -2.19. The van der Waals surface area contributed by atoms with Gasteiger partial charge in [0.1, 0.15) is 5.82 Å². The normalized spacial score (nSPS) is 11.5. The number of anilines is 1. The number of hydrogen-bond acceptors (Lipinski definition) is 5. The predicted molar refractivity (Wildman–Crippen MR) is 90.7 cm³/mol. The Bertz CT molecular complexity index is 853. The van der Waals surface area contributed by atoms with Crippen LogP contribution < -0.4 is 5.32 Å². The second-order valence-electron chi connectivity index (χ2n) is 5.15. The number of aromatic nitrogens is 3. The molecule has 0 aliphatic carbocycles. The Morgan fingerprint density at radius 2 is 1.92 bits per heavy atom. The number of nitrogens with one attached hydrogen (secondary N) is 1. The van der Waals surface area contributed by atoms with Gasteiger partial charge < -0.3 is 5.32 Å². The lowest BCUT2D eigenvalue weighted by molar-refractivity contribution is -0.137. The summed E-state index contributed by atoms with van der Waals surface area (Å²) < 4.78 is 38.4. The van der Waals surface area contributed by atoms with Gasteiger partial charge in [-0.3, -0.25) is 0 Å². The van der Waals surface area contributed by atoms with Gasteiger partial charge in [-0.2, -0.15) is 23.1 Å². The Labute approximate surface area is 150 Å². The smallest absolute Gasteiger partial charge is 0.349 e. The third-order valence-corrected chi connectivity index (χ3v) is 4.32. The maximum Gasteiger partial charge on any atom is 0.416 e. The fraction of sp³-hybridized carbons (Fsp3) is 0.188. The summed E-state index contributed by atoms with van der Waals surface area (Å²) in [6.45, 7) is 0.529. The molecule has 0 aliphatic heterocycles. The predicted octanol–water partition coefficient (Wildman–Crippen LogP) is 4.81. The molecule has 0 atom stereocenters. The molecule has 0 aliphatic rings. The zero-order valence-corrected chi connectivity index (χ0v) is 14.3. The van der Waals surface area contributed by atoms with Crippen molar-refractivity contribution in [2.45, 2.75) is 19.1 Å². The van der Waals surface area contributed by atoms with Crippen LogP contribution in [0.25, 0.3) is 0 Å². The molecule has 3 rings (SSSR count). The second kappa shape index (κ2) is 7.37. The third-order valence-electron chi connectivity index (χ3n) is 3.27. The first-order valence-electron chi connectivity index (χ1n) is 7.23. The number of benzene rings is 1. The number of rotatable bonds is 5. The molecule has 0 spiro atoms. The van der Waals surface area contributed by atoms with E-state index in [1.807, 2.05) is 17.5 Å². The van der Waals surface area contributed by atoms with Crippen molar-refractivity contribution < 1.29 is 13.2 Å². The summed E-state index contributed by atoms with van der Waals surface area (Å²) in [5.41, 5.74) is -0.262. The fourth-order valence-corrected chi connectivity index (χ4v) is 2.99. The van der Waals surface area contributed by atoms with Crippen molar-refractivity contribution in [1.29, 1.82) is 0 Å². The Morgan fingerprint density at radius 3 is 2.64 bits per heavy atom. The molecule has 0 amide bonds. The van der Waals surface area contributed by atoms with Gasteiger partial charge in [0.15, 0.2) is 0 Å². The molecule has 25 heavy (non-hydrogen) atoms. The van der Waals surface area contributed by atoms with Gasteiger partial charge >= 0.3 is 6.18 Å². The number of halogens is 4. The van der Waals surface area contributed by atoms with E-state index in [0.29, 0.717) is 17.9 Å². The van der Waals surface area contributed by atoms with Gasteiger partial charge in [0.2, 0.25) is 11.2 Å². The highest BCUT2D eigenvalue weighted by Crippen LogP contribution is 2.29. The van der Waals surface area contributed by atoms with Crippen molar-refractivity contribution in [2.24, 2.45) is 0 Å². The Kier molecular flexibility index (Phi) is 5.19. The minimum absolute atomic E-state index is 0.00865. The summed E-state index contributed by atoms with van der Waals surface area (Å²) in [5, 5.41) is 4.98. The van der Waals surface area contributed by atoms with Crippen molar-refractivity contribution in [3.05, 3.63) is 68.9 Å². The molecule has 0 bridgehead atoms. The van der Waals surface area contributed by atoms with Crippen molar-refractivity contribution >= 4 is 28.9 Å². The van der Waals surface area contributed by atoms with E-state index in [0.717, 1.165) is 17.0 Å². The van der Waals surface area contributed by atoms with Crippen molar-refractivity contribution in [3.8, 4) is 0 Å². The van der Waals surface area contributed by atoms with Crippen LogP contribution in [0.1, 0.15) is 21.8 Å². The zero-order valence-electron chi connectivity index (χ0n) is 12.7. The van der Waals surface area contributed by atoms with E-state index >= 15 is 0 Å². The molecule has 3 aromatic rings. The van der Waals surface area contributed by atoms with Gasteiger partial charge in [-0.05, 0) is 34.7 Å². The van der Waals surface area contributed by atoms with Crippen LogP contribution in [-0.4, -0.2) is 15.0 Å². The minimum atomic E-state index is -4.39. The van der Waals surface area contributed by atoms with Crippen molar-refractivity contribution in [2.75, 3.05) is 5.32 Å². The summed E-state index contributed by atoms with van der Waals surface area (Å²) in [4.78, 5) is 13.3. The summed E-state index contributed by atoms with van der Waals surface area (Å²) in [5.74, 6) is 0.586. The first-order chi connectivity index (χ1) is 11.9. The van der Waals surface area contributed by atoms with E-state index in [2.05, 4.69) is 20.3 Å². The molecule has 0 fully saturated rings. The summed E-state index contributed by atoms with van der Waals surface area (Å²) in [6.07, 6.45) is -4.26. The standard InChI is InChI=1S/C16H12ClF3N4S/c17-14-22-13(8-10-3-1-4-11(7-10)16(18,19)20)23-15(24-14)21-9-12-5-2-6-25-12/h1-7H,8-9H2,(H,21,22,23,24). The lowest BCUT2D eigenvalue weighted by atomic mass is 10.1. The quantitative estimate of drug-likeness (QED) is 0.686. The average molecular weight is 385 g/mol. The number of hydrogen-bond donors (Lipinski definition) is 1. The molecule has 130 valence electrons. The molecular formula is C16H12ClF3N4S. The van der Waals surface area contributed by atoms with E-state index in [9.17, 15) is 13.2 Å². The molecule has 0 radical (unpaired) electrons. The SMILES string of the molecule is FC(F)(F)c1cccc(Cc2nc(Cl)nc(NCc3cccs3)n2)c1. The maximum atomic E-state index is 12.8. The topological polar surface area (TPSA) is 50.7 Å². The van der Waals surface area contributed by atoms with Gasteiger partial charge in [0, 0.05) is 11.3 Å². The highest BCUT2D eigenvalue weighted by atomic mass is 35.5. The van der Waals surface area contributed by atoms with Gasteiger partial charge in [-0.1, -0.05) is 24.3 Å². The second-order valence-corrected chi connectivity index (χ2v) is 6.52. The highest BCUT2D eigenvalue weighted by molar-refractivity contribution is 7.09. The van der Waals surface area contributed by atoms with Crippen LogP contribution >= 0.6 is 22.9 Å². The third kappa shape index (κ3) is 4.90. The first-order valence-corrected chi connectivity index (χ1v) is 8.49. The number of thiophene rings is 1. The van der Waals surface area contributed by atoms with E-state index in [1.165, 1.54) is 6.07 Å². The zero-order chi connectivity index (χ0) is 17.9. The lowest BCUT2D eigenvalue weighted by Crippen LogP contribution is -2.08. The van der Waals surface area contributed by atoms with E-state index in [1.54, 1.807) is 17.4 Å². The van der Waals surface area contributed by atoms with Crippen LogP contribution in [0, 0.1) is 0 Å². The van der Waals surface area contributed by atoms with Crippen LogP contribution in [0.2, 0.25) is 5.28 Å². The van der Waals surface area contributed by atoms with E-state index < -0.39 is 11.7 Å². The van der Waals surface area contributed by atoms with Crippen LogP contribution in [0.3, 0.4) is 0 Å². The van der Waals surface area contributed by atoms with Crippen LogP contribution in [0.5, 0.6) is 0 Å². The molecule has 0 saturated carbocycles. The summed E-state index contributed by atoms with van der Waals surface area (Å²) in [6, 6.07) is 8.95. The van der Waals surface area contributed by atoms with Gasteiger partial charge in [-0.25, -0.2) is 4.98 Å². The van der Waals surface area contributed by atoms with Gasteiger partial charge in [-0.15, -0.1) is 11.3 Å². The molecule has 4 nitrogen and oxygen atoms in total. The van der Waals surface area contributed by atoms with E-state index in [-0.39, 0.29) is 17.7 Å². The van der Waals surface area contributed by atoms with Gasteiger partial charge in [0.05, 0.1) is 12.1 Å². The largest absolute Gasteiger partial charge is 0.416 e. The van der Waals surface area contributed by atoms with Crippen LogP contribution in [0.15, 0.2) is 41.8 Å².